The molecule has 23 heavy (non-hydrogen) atoms. The predicted octanol–water partition coefficient (Wildman–Crippen LogP) is 1.32. The Morgan fingerprint density at radius 1 is 1.17 bits per heavy atom. The number of esters is 1. The van der Waals surface area contributed by atoms with Crippen LogP contribution < -0.4 is 0 Å². The van der Waals surface area contributed by atoms with Crippen molar-refractivity contribution in [3.05, 3.63) is 56.1 Å². The molecule has 0 saturated heterocycles. The smallest absolute Gasteiger partial charge is 0.313 e. The molecule has 0 radical (unpaired) electrons. The molecule has 0 heterocycles. The molecule has 1 aromatic carbocycles. The Bertz CT molecular complexity index is 641. The third-order valence-electron chi connectivity index (χ3n) is 2.40. The third kappa shape index (κ3) is 7.32. The number of nitrogens with zero attached hydrogens (tertiary/aromatic N) is 2. The monoisotopic (exact) mass is 324 g/mol. The number of hydrogen-bond donors (Lipinski definition) is 0. The van der Waals surface area contributed by atoms with Gasteiger partial charge in [-0.2, -0.15) is 0 Å². The van der Waals surface area contributed by atoms with E-state index in [0.29, 0.717) is 5.56 Å². The molecular weight excluding hydrogens is 312 g/mol. The maximum absolute atomic E-state index is 11.5. The van der Waals surface area contributed by atoms with Crippen LogP contribution in [0.3, 0.4) is 0 Å². The van der Waals surface area contributed by atoms with Gasteiger partial charge < -0.3 is 9.57 Å². The van der Waals surface area contributed by atoms with Crippen LogP contribution in [0.2, 0.25) is 0 Å². The van der Waals surface area contributed by atoms with Gasteiger partial charge in [-0.25, -0.2) is 0 Å². The molecule has 0 aliphatic rings. The van der Waals surface area contributed by atoms with Gasteiger partial charge in [-0.1, -0.05) is 18.2 Å². The third-order valence-corrected chi connectivity index (χ3v) is 2.40. The van der Waals surface area contributed by atoms with Gasteiger partial charge in [0.25, 0.3) is 10.8 Å². The van der Waals surface area contributed by atoms with Crippen LogP contribution in [0.1, 0.15) is 12.0 Å². The van der Waals surface area contributed by atoms with Crippen molar-refractivity contribution in [3.63, 3.8) is 0 Å². The summed E-state index contributed by atoms with van der Waals surface area (Å²) in [6.07, 6.45) is 1.87. The number of carbonyl (C=O) groups is 2. The first kappa shape index (κ1) is 17.8. The van der Waals surface area contributed by atoms with Gasteiger partial charge >= 0.3 is 5.97 Å². The number of allylic oxidation sites excluding steroid dienone is 1. The first-order chi connectivity index (χ1) is 10.9. The van der Waals surface area contributed by atoms with Crippen LogP contribution in [0.15, 0.2) is 30.3 Å². The van der Waals surface area contributed by atoms with E-state index in [1.807, 2.05) is 0 Å². The van der Waals surface area contributed by atoms with Crippen molar-refractivity contribution in [1.29, 1.82) is 0 Å². The number of rotatable bonds is 9. The second-order valence-electron chi connectivity index (χ2n) is 4.11. The van der Waals surface area contributed by atoms with Gasteiger partial charge in [-0.3, -0.25) is 19.7 Å². The molecule has 0 amide bonds. The largest absolute Gasteiger partial charge is 0.463 e. The van der Waals surface area contributed by atoms with Crippen LogP contribution in [0.25, 0.3) is 6.08 Å². The van der Waals surface area contributed by atoms with Crippen LogP contribution in [0, 0.1) is 20.2 Å². The number of nitro groups is 1. The van der Waals surface area contributed by atoms with E-state index in [9.17, 15) is 29.8 Å². The van der Waals surface area contributed by atoms with Gasteiger partial charge in [0.05, 0.1) is 4.92 Å². The average Bonchev–Trinajstić information content (AvgIpc) is 2.49. The molecule has 0 N–H and O–H groups in total. The molecule has 0 unspecified atom stereocenters. The molecule has 0 saturated carbocycles. The van der Waals surface area contributed by atoms with E-state index in [1.54, 1.807) is 6.07 Å². The highest BCUT2D eigenvalue weighted by Crippen LogP contribution is 2.14. The van der Waals surface area contributed by atoms with Crippen LogP contribution in [-0.2, 0) is 19.2 Å². The molecule has 0 bridgehead atoms. The zero-order valence-electron chi connectivity index (χ0n) is 11.7. The number of ketones is 1. The number of hydrogen-bond acceptors (Lipinski definition) is 8. The van der Waals surface area contributed by atoms with Crippen LogP contribution in [0.4, 0.5) is 5.69 Å². The highest BCUT2D eigenvalue weighted by atomic mass is 17.0. The first-order valence-electron chi connectivity index (χ1n) is 6.27. The lowest BCUT2D eigenvalue weighted by Crippen LogP contribution is -2.15. The summed E-state index contributed by atoms with van der Waals surface area (Å²) in [7, 11) is 0. The summed E-state index contributed by atoms with van der Waals surface area (Å²) in [5, 5.41) is 19.4. The SMILES string of the molecule is O=C(C=Cc1cccc([N+](=O)[O-])c1)CC(=O)OCCO[N+](=O)[O-]. The number of ether oxygens (including phenoxy) is 1. The molecule has 10 nitrogen and oxygen atoms in total. The van der Waals surface area contributed by atoms with E-state index in [2.05, 4.69) is 9.57 Å². The van der Waals surface area contributed by atoms with E-state index in [4.69, 9.17) is 0 Å². The summed E-state index contributed by atoms with van der Waals surface area (Å²) in [5.74, 6) is -1.43. The van der Waals surface area contributed by atoms with Crippen molar-refractivity contribution >= 4 is 23.5 Å². The van der Waals surface area contributed by atoms with E-state index >= 15 is 0 Å². The number of nitro benzene ring substituents is 1. The summed E-state index contributed by atoms with van der Waals surface area (Å²) >= 11 is 0. The summed E-state index contributed by atoms with van der Waals surface area (Å²) in [5.41, 5.74) is 0.310. The molecule has 0 aliphatic carbocycles. The van der Waals surface area contributed by atoms with Crippen molar-refractivity contribution in [2.75, 3.05) is 13.2 Å². The zero-order chi connectivity index (χ0) is 17.2. The van der Waals surface area contributed by atoms with Crippen molar-refractivity contribution in [3.8, 4) is 0 Å². The Morgan fingerprint density at radius 2 is 1.91 bits per heavy atom. The van der Waals surface area contributed by atoms with Gasteiger partial charge in [0.2, 0.25) is 0 Å². The molecule has 0 fully saturated rings. The Labute approximate surface area is 129 Å². The van der Waals surface area contributed by atoms with E-state index < -0.39 is 34.8 Å². The second kappa shape index (κ2) is 8.87. The Balaban J connectivity index is 2.43. The second-order valence-corrected chi connectivity index (χ2v) is 4.11. The lowest BCUT2D eigenvalue weighted by atomic mass is 10.1. The lowest BCUT2D eigenvalue weighted by Gasteiger charge is -2.02. The number of non-ortho nitro benzene ring substituents is 1. The fourth-order valence-electron chi connectivity index (χ4n) is 1.45. The van der Waals surface area contributed by atoms with E-state index in [0.717, 1.165) is 6.08 Å². The Hall–Kier alpha value is -3.30. The average molecular weight is 324 g/mol. The fourth-order valence-corrected chi connectivity index (χ4v) is 1.45. The molecule has 122 valence electrons. The van der Waals surface area contributed by atoms with Crippen LogP contribution in [0.5, 0.6) is 0 Å². The molecule has 0 aromatic heterocycles. The topological polar surface area (TPSA) is 139 Å². The van der Waals surface area contributed by atoms with Gasteiger partial charge in [-0.15, -0.1) is 10.1 Å². The van der Waals surface area contributed by atoms with Crippen molar-refractivity contribution < 1.29 is 29.2 Å². The van der Waals surface area contributed by atoms with Gasteiger partial charge in [0.15, 0.2) is 5.78 Å². The molecule has 0 atom stereocenters. The first-order valence-corrected chi connectivity index (χ1v) is 6.27. The van der Waals surface area contributed by atoms with Crippen molar-refractivity contribution in [2.45, 2.75) is 6.42 Å². The quantitative estimate of drug-likeness (QED) is 0.165. The Kier molecular flexibility index (Phi) is 6.85. The summed E-state index contributed by atoms with van der Waals surface area (Å²) in [6, 6.07) is 5.61. The van der Waals surface area contributed by atoms with Crippen molar-refractivity contribution in [1.82, 2.24) is 0 Å². The maximum Gasteiger partial charge on any atom is 0.313 e. The van der Waals surface area contributed by atoms with Gasteiger partial charge in [-0.05, 0) is 11.6 Å². The summed E-state index contributed by atoms with van der Waals surface area (Å²) in [6.45, 7) is -0.766. The summed E-state index contributed by atoms with van der Waals surface area (Å²) in [4.78, 5) is 46.6. The molecule has 1 rings (SSSR count). The highest BCUT2D eigenvalue weighted by Gasteiger charge is 2.09. The minimum Gasteiger partial charge on any atom is -0.463 e. The number of benzene rings is 1. The van der Waals surface area contributed by atoms with Crippen molar-refractivity contribution in [2.24, 2.45) is 0 Å². The predicted molar refractivity (Wildman–Crippen MR) is 75.7 cm³/mol. The Morgan fingerprint density at radius 3 is 2.57 bits per heavy atom. The minimum atomic E-state index is -1.03. The minimum absolute atomic E-state index is 0.121. The van der Waals surface area contributed by atoms with E-state index in [1.165, 1.54) is 24.3 Å². The molecule has 0 aliphatic heterocycles. The molecular formula is C13H12N2O8. The number of carbonyl (C=O) groups excluding carboxylic acids is 2. The normalized spacial score (nSPS) is 10.3. The molecule has 0 spiro atoms. The highest BCUT2D eigenvalue weighted by molar-refractivity contribution is 6.03. The maximum atomic E-state index is 11.5. The lowest BCUT2D eigenvalue weighted by molar-refractivity contribution is -0.757. The zero-order valence-corrected chi connectivity index (χ0v) is 11.7. The van der Waals surface area contributed by atoms with E-state index in [-0.39, 0.29) is 12.3 Å². The molecule has 1 aromatic rings. The van der Waals surface area contributed by atoms with Crippen LogP contribution >= 0.6 is 0 Å². The molecule has 10 heteroatoms. The van der Waals surface area contributed by atoms with Gasteiger partial charge in [0.1, 0.15) is 19.6 Å². The fraction of sp³-hybridized carbons (Fsp3) is 0.231. The summed E-state index contributed by atoms with van der Waals surface area (Å²) < 4.78 is 4.55. The van der Waals surface area contributed by atoms with Crippen LogP contribution in [-0.4, -0.2) is 35.0 Å². The van der Waals surface area contributed by atoms with Gasteiger partial charge in [0, 0.05) is 12.1 Å². The standard InChI is InChI=1S/C13H12N2O8/c16-12(9-13(17)22-6-7-23-15(20)21)5-4-10-2-1-3-11(8-10)14(18)19/h1-5,8H,6-7,9H2.